The molecule has 2 aromatic carbocycles. The molecule has 0 saturated heterocycles. The Balaban J connectivity index is 2.07. The zero-order chi connectivity index (χ0) is 15.1. The van der Waals surface area contributed by atoms with E-state index in [9.17, 15) is 4.79 Å². The molecule has 0 bridgehead atoms. The SMILES string of the molecule is COC(=O)CC(C)c1ccccc1OCc1ccccc1. The molecule has 0 aliphatic carbocycles. The van der Waals surface area contributed by atoms with Crippen LogP contribution < -0.4 is 4.74 Å². The Morgan fingerprint density at radius 3 is 2.43 bits per heavy atom. The van der Waals surface area contributed by atoms with Crippen LogP contribution in [0.1, 0.15) is 30.4 Å². The predicted octanol–water partition coefficient (Wildman–Crippen LogP) is 3.93. The van der Waals surface area contributed by atoms with E-state index in [1.807, 2.05) is 61.5 Å². The van der Waals surface area contributed by atoms with Crippen LogP contribution in [0.25, 0.3) is 0 Å². The van der Waals surface area contributed by atoms with Gasteiger partial charge >= 0.3 is 5.97 Å². The summed E-state index contributed by atoms with van der Waals surface area (Å²) < 4.78 is 10.6. The molecule has 1 unspecified atom stereocenters. The van der Waals surface area contributed by atoms with Crippen LogP contribution in [0.15, 0.2) is 54.6 Å². The van der Waals surface area contributed by atoms with Crippen LogP contribution in [0.5, 0.6) is 5.75 Å². The summed E-state index contributed by atoms with van der Waals surface area (Å²) in [6, 6.07) is 17.8. The van der Waals surface area contributed by atoms with E-state index in [1.54, 1.807) is 0 Å². The molecule has 3 heteroatoms. The van der Waals surface area contributed by atoms with Crippen molar-refractivity contribution >= 4 is 5.97 Å². The van der Waals surface area contributed by atoms with Gasteiger partial charge in [-0.1, -0.05) is 55.5 Å². The number of carbonyl (C=O) groups excluding carboxylic acids is 1. The number of benzene rings is 2. The summed E-state index contributed by atoms with van der Waals surface area (Å²) in [6.07, 6.45) is 0.349. The van der Waals surface area contributed by atoms with Crippen LogP contribution in [0.2, 0.25) is 0 Å². The third kappa shape index (κ3) is 4.35. The lowest BCUT2D eigenvalue weighted by Crippen LogP contribution is -2.07. The third-order valence-corrected chi connectivity index (χ3v) is 3.39. The van der Waals surface area contributed by atoms with E-state index in [-0.39, 0.29) is 11.9 Å². The van der Waals surface area contributed by atoms with Crippen molar-refractivity contribution in [1.82, 2.24) is 0 Å². The number of rotatable bonds is 6. The lowest BCUT2D eigenvalue weighted by atomic mass is 9.97. The zero-order valence-corrected chi connectivity index (χ0v) is 12.4. The Morgan fingerprint density at radius 2 is 1.71 bits per heavy atom. The minimum atomic E-state index is -0.208. The van der Waals surface area contributed by atoms with E-state index in [4.69, 9.17) is 9.47 Å². The van der Waals surface area contributed by atoms with Gasteiger partial charge in [-0.2, -0.15) is 0 Å². The van der Waals surface area contributed by atoms with E-state index in [2.05, 4.69) is 0 Å². The Kier molecular flexibility index (Phi) is 5.38. The van der Waals surface area contributed by atoms with Crippen molar-refractivity contribution in [2.75, 3.05) is 7.11 Å². The molecule has 0 radical (unpaired) electrons. The second-order valence-electron chi connectivity index (χ2n) is 4.99. The van der Waals surface area contributed by atoms with Crippen molar-refractivity contribution in [3.05, 3.63) is 65.7 Å². The highest BCUT2D eigenvalue weighted by Gasteiger charge is 2.15. The van der Waals surface area contributed by atoms with Crippen molar-refractivity contribution in [2.24, 2.45) is 0 Å². The Hall–Kier alpha value is -2.29. The molecule has 0 N–H and O–H groups in total. The van der Waals surface area contributed by atoms with E-state index < -0.39 is 0 Å². The number of ether oxygens (including phenoxy) is 2. The highest BCUT2D eigenvalue weighted by molar-refractivity contribution is 5.70. The van der Waals surface area contributed by atoms with E-state index in [0.29, 0.717) is 13.0 Å². The Labute approximate surface area is 125 Å². The molecule has 0 aliphatic rings. The summed E-state index contributed by atoms with van der Waals surface area (Å²) in [5.41, 5.74) is 2.15. The van der Waals surface area contributed by atoms with Crippen LogP contribution in [0.4, 0.5) is 0 Å². The largest absolute Gasteiger partial charge is 0.489 e. The molecule has 0 fully saturated rings. The van der Waals surface area contributed by atoms with Gasteiger partial charge in [0.2, 0.25) is 0 Å². The van der Waals surface area contributed by atoms with Gasteiger partial charge < -0.3 is 9.47 Å². The smallest absolute Gasteiger partial charge is 0.306 e. The lowest BCUT2D eigenvalue weighted by molar-refractivity contribution is -0.140. The van der Waals surface area contributed by atoms with E-state index in [1.165, 1.54) is 7.11 Å². The average molecular weight is 284 g/mol. The normalized spacial score (nSPS) is 11.7. The summed E-state index contributed by atoms with van der Waals surface area (Å²) >= 11 is 0. The van der Waals surface area contributed by atoms with Crippen LogP contribution in [0, 0.1) is 0 Å². The molecule has 2 aromatic rings. The number of hydrogen-bond acceptors (Lipinski definition) is 3. The summed E-state index contributed by atoms with van der Waals surface area (Å²) in [6.45, 7) is 2.52. The van der Waals surface area contributed by atoms with Gasteiger partial charge in [0.05, 0.1) is 13.5 Å². The molecule has 0 spiro atoms. The monoisotopic (exact) mass is 284 g/mol. The van der Waals surface area contributed by atoms with Gasteiger partial charge in [0.25, 0.3) is 0 Å². The number of carbonyl (C=O) groups is 1. The highest BCUT2D eigenvalue weighted by atomic mass is 16.5. The molecule has 3 nitrogen and oxygen atoms in total. The fraction of sp³-hybridized carbons (Fsp3) is 0.278. The molecular weight excluding hydrogens is 264 g/mol. The lowest BCUT2D eigenvalue weighted by Gasteiger charge is -2.16. The minimum absolute atomic E-state index is 0.0597. The summed E-state index contributed by atoms with van der Waals surface area (Å²) in [5, 5.41) is 0. The average Bonchev–Trinajstić information content (AvgIpc) is 2.54. The maximum absolute atomic E-state index is 11.4. The predicted molar refractivity (Wildman–Crippen MR) is 82.3 cm³/mol. The molecule has 0 amide bonds. The van der Waals surface area contributed by atoms with Crippen LogP contribution >= 0.6 is 0 Å². The van der Waals surface area contributed by atoms with Gasteiger partial charge in [0.15, 0.2) is 0 Å². The van der Waals surface area contributed by atoms with Gasteiger partial charge in [-0.3, -0.25) is 4.79 Å². The third-order valence-electron chi connectivity index (χ3n) is 3.39. The molecule has 0 aromatic heterocycles. The van der Waals surface area contributed by atoms with Crippen LogP contribution in [-0.2, 0) is 16.1 Å². The molecular formula is C18H20O3. The summed E-state index contributed by atoms with van der Waals surface area (Å²) in [4.78, 5) is 11.4. The maximum Gasteiger partial charge on any atom is 0.306 e. The quantitative estimate of drug-likeness (QED) is 0.754. The van der Waals surface area contributed by atoms with Gasteiger partial charge in [-0.05, 0) is 23.1 Å². The second kappa shape index (κ2) is 7.48. The van der Waals surface area contributed by atoms with Crippen molar-refractivity contribution < 1.29 is 14.3 Å². The molecule has 1 atom stereocenters. The first-order chi connectivity index (χ1) is 10.2. The first kappa shape index (κ1) is 15.1. The maximum atomic E-state index is 11.4. The van der Waals surface area contributed by atoms with Gasteiger partial charge in [0, 0.05) is 0 Å². The second-order valence-corrected chi connectivity index (χ2v) is 4.99. The van der Waals surface area contributed by atoms with Gasteiger partial charge in [0.1, 0.15) is 12.4 Å². The fourth-order valence-electron chi connectivity index (χ4n) is 2.20. The van der Waals surface area contributed by atoms with E-state index >= 15 is 0 Å². The van der Waals surface area contributed by atoms with Gasteiger partial charge in [-0.25, -0.2) is 0 Å². The first-order valence-corrected chi connectivity index (χ1v) is 7.03. The molecule has 0 saturated carbocycles. The molecule has 2 rings (SSSR count). The topological polar surface area (TPSA) is 35.5 Å². The number of para-hydroxylation sites is 1. The molecule has 0 heterocycles. The van der Waals surface area contributed by atoms with Crippen molar-refractivity contribution in [1.29, 1.82) is 0 Å². The fourth-order valence-corrected chi connectivity index (χ4v) is 2.20. The minimum Gasteiger partial charge on any atom is -0.489 e. The summed E-state index contributed by atoms with van der Waals surface area (Å²) in [5.74, 6) is 0.669. The van der Waals surface area contributed by atoms with Gasteiger partial charge in [-0.15, -0.1) is 0 Å². The molecule has 110 valence electrons. The molecule has 21 heavy (non-hydrogen) atoms. The van der Waals surface area contributed by atoms with Crippen LogP contribution in [0.3, 0.4) is 0 Å². The van der Waals surface area contributed by atoms with Crippen molar-refractivity contribution in [3.63, 3.8) is 0 Å². The van der Waals surface area contributed by atoms with E-state index in [0.717, 1.165) is 16.9 Å². The Bertz CT molecular complexity index is 578. The zero-order valence-electron chi connectivity index (χ0n) is 12.4. The van der Waals surface area contributed by atoms with Crippen molar-refractivity contribution in [2.45, 2.75) is 25.9 Å². The van der Waals surface area contributed by atoms with Crippen molar-refractivity contribution in [3.8, 4) is 5.75 Å². The molecule has 0 aliphatic heterocycles. The highest BCUT2D eigenvalue weighted by Crippen LogP contribution is 2.29. The van der Waals surface area contributed by atoms with Crippen LogP contribution in [-0.4, -0.2) is 13.1 Å². The standard InChI is InChI=1S/C18H20O3/c1-14(12-18(19)20-2)16-10-6-7-11-17(16)21-13-15-8-4-3-5-9-15/h3-11,14H,12-13H2,1-2H3. The summed E-state index contributed by atoms with van der Waals surface area (Å²) in [7, 11) is 1.41. The number of hydrogen-bond donors (Lipinski definition) is 0. The number of methoxy groups -OCH3 is 1. The number of esters is 1. The Morgan fingerprint density at radius 1 is 1.05 bits per heavy atom. The first-order valence-electron chi connectivity index (χ1n) is 7.03.